The molecule has 0 spiro atoms. The largest absolute Gasteiger partial charge is 0.419 e. The lowest BCUT2D eigenvalue weighted by molar-refractivity contribution is 0.0781. The maximum Gasteiger partial charge on any atom is 0.419 e. The third-order valence-corrected chi connectivity index (χ3v) is 5.04. The second-order valence-corrected chi connectivity index (χ2v) is 6.77. The van der Waals surface area contributed by atoms with E-state index in [2.05, 4.69) is 15.2 Å². The Bertz CT molecular complexity index is 1000. The number of aromatic nitrogens is 4. The number of benzene rings is 1. The van der Waals surface area contributed by atoms with Crippen molar-refractivity contribution in [3.63, 3.8) is 0 Å². The van der Waals surface area contributed by atoms with Crippen LogP contribution in [0.25, 0.3) is 11.1 Å². The molecule has 9 heteroatoms. The third-order valence-electron chi connectivity index (χ3n) is 5.04. The maximum absolute atomic E-state index is 13.2. The van der Waals surface area contributed by atoms with Gasteiger partial charge in [0.2, 0.25) is 0 Å². The summed E-state index contributed by atoms with van der Waals surface area (Å²) in [5.41, 5.74) is 1.34. The highest BCUT2D eigenvalue weighted by Gasteiger charge is 2.39. The van der Waals surface area contributed by atoms with Crippen LogP contribution < -0.4 is 5.76 Å². The summed E-state index contributed by atoms with van der Waals surface area (Å²) in [5.74, 6) is -0.632. The first-order valence-electron chi connectivity index (χ1n) is 8.37. The Labute approximate surface area is 149 Å². The number of likely N-dealkylation sites (tertiary alicyclic amines) is 1. The normalized spacial score (nSPS) is 20.4. The lowest BCUT2D eigenvalue weighted by Gasteiger charge is -2.24. The van der Waals surface area contributed by atoms with Gasteiger partial charge in [-0.1, -0.05) is 11.3 Å². The van der Waals surface area contributed by atoms with Gasteiger partial charge in [0.15, 0.2) is 5.58 Å². The Morgan fingerprint density at radius 2 is 2.12 bits per heavy atom. The summed E-state index contributed by atoms with van der Waals surface area (Å²) in [6.45, 7) is 1.07. The molecule has 1 amide bonds. The standard InChI is InChI=1S/C17H20N6O3/c1-20(2)13-9-22(10-14(13)23-8-7-18-19-23)16(24)11-5-4-6-12-15(11)26-17(25)21(12)3/h4-8,13-14H,9-10H2,1-3H3/t13-,14+/m1/s1. The number of carbonyl (C=O) groups is 1. The molecule has 9 nitrogen and oxygen atoms in total. The minimum Gasteiger partial charge on any atom is -0.407 e. The summed E-state index contributed by atoms with van der Waals surface area (Å²) in [6, 6.07) is 5.35. The summed E-state index contributed by atoms with van der Waals surface area (Å²) in [5, 5.41) is 7.98. The monoisotopic (exact) mass is 356 g/mol. The number of oxazole rings is 1. The van der Waals surface area contributed by atoms with Crippen molar-refractivity contribution < 1.29 is 9.21 Å². The van der Waals surface area contributed by atoms with Crippen LogP contribution in [-0.4, -0.2) is 68.5 Å². The number of para-hydroxylation sites is 1. The predicted molar refractivity (Wildman–Crippen MR) is 93.9 cm³/mol. The summed E-state index contributed by atoms with van der Waals surface area (Å²) < 4.78 is 8.50. The average molecular weight is 356 g/mol. The van der Waals surface area contributed by atoms with Gasteiger partial charge < -0.3 is 14.2 Å². The first-order chi connectivity index (χ1) is 12.5. The van der Waals surface area contributed by atoms with Crippen molar-refractivity contribution in [3.8, 4) is 0 Å². The van der Waals surface area contributed by atoms with E-state index >= 15 is 0 Å². The van der Waals surface area contributed by atoms with Gasteiger partial charge in [0.1, 0.15) is 0 Å². The molecule has 0 aliphatic carbocycles. The van der Waals surface area contributed by atoms with Crippen LogP contribution in [0.3, 0.4) is 0 Å². The zero-order valence-electron chi connectivity index (χ0n) is 14.9. The highest BCUT2D eigenvalue weighted by molar-refractivity contribution is 6.04. The smallest absolute Gasteiger partial charge is 0.407 e. The molecular formula is C17H20N6O3. The van der Waals surface area contributed by atoms with Crippen molar-refractivity contribution in [1.82, 2.24) is 29.4 Å². The van der Waals surface area contributed by atoms with Crippen LogP contribution in [0, 0.1) is 0 Å². The summed E-state index contributed by atoms with van der Waals surface area (Å²) in [6.07, 6.45) is 3.45. The Morgan fingerprint density at radius 1 is 1.31 bits per heavy atom. The van der Waals surface area contributed by atoms with Gasteiger partial charge in [-0.15, -0.1) is 5.10 Å². The number of fused-ring (bicyclic) bond motifs is 1. The summed E-state index contributed by atoms with van der Waals surface area (Å²) >= 11 is 0. The molecule has 1 fully saturated rings. The Morgan fingerprint density at radius 3 is 2.81 bits per heavy atom. The van der Waals surface area contributed by atoms with Gasteiger partial charge in [-0.3, -0.25) is 9.36 Å². The number of rotatable bonds is 3. The first kappa shape index (κ1) is 16.5. The van der Waals surface area contributed by atoms with Gasteiger partial charge in [0, 0.05) is 26.3 Å². The molecule has 1 saturated heterocycles. The van der Waals surface area contributed by atoms with E-state index < -0.39 is 5.76 Å². The molecule has 2 aromatic heterocycles. The lowest BCUT2D eigenvalue weighted by atomic mass is 10.1. The van der Waals surface area contributed by atoms with E-state index in [4.69, 9.17) is 4.42 Å². The molecule has 2 atom stereocenters. The van der Waals surface area contributed by atoms with Crippen LogP contribution in [0.5, 0.6) is 0 Å². The van der Waals surface area contributed by atoms with Crippen molar-refractivity contribution in [2.75, 3.05) is 27.2 Å². The van der Waals surface area contributed by atoms with Crippen LogP contribution in [0.4, 0.5) is 0 Å². The van der Waals surface area contributed by atoms with Gasteiger partial charge in [-0.25, -0.2) is 9.48 Å². The van der Waals surface area contributed by atoms with Crippen molar-refractivity contribution in [3.05, 3.63) is 46.7 Å². The highest BCUT2D eigenvalue weighted by atomic mass is 16.4. The summed E-state index contributed by atoms with van der Waals surface area (Å²) in [7, 11) is 5.60. The topological polar surface area (TPSA) is 89.4 Å². The van der Waals surface area contributed by atoms with E-state index in [0.29, 0.717) is 29.8 Å². The molecule has 0 N–H and O–H groups in total. The maximum atomic E-state index is 13.2. The van der Waals surface area contributed by atoms with Gasteiger partial charge in [-0.05, 0) is 26.2 Å². The molecule has 0 saturated carbocycles. The molecule has 3 heterocycles. The number of nitrogens with zero attached hydrogens (tertiary/aromatic N) is 6. The number of amides is 1. The molecule has 1 aliphatic heterocycles. The molecule has 3 aromatic rings. The predicted octanol–water partition coefficient (Wildman–Crippen LogP) is 0.350. The average Bonchev–Trinajstić information content (AvgIpc) is 3.34. The number of hydrogen-bond acceptors (Lipinski definition) is 6. The SMILES string of the molecule is CN(C)[C@@H]1CN(C(=O)c2cccc3c2oc(=O)n3C)C[C@@H]1n1ccnn1. The van der Waals surface area contributed by atoms with Gasteiger partial charge in [-0.2, -0.15) is 0 Å². The van der Waals surface area contributed by atoms with E-state index in [1.807, 2.05) is 20.3 Å². The van der Waals surface area contributed by atoms with E-state index in [1.54, 1.807) is 41.0 Å². The molecule has 1 aromatic carbocycles. The first-order valence-corrected chi connectivity index (χ1v) is 8.37. The van der Waals surface area contributed by atoms with Crippen LogP contribution in [-0.2, 0) is 7.05 Å². The summed E-state index contributed by atoms with van der Waals surface area (Å²) in [4.78, 5) is 28.8. The third kappa shape index (κ3) is 2.51. The number of aryl methyl sites for hydroxylation is 1. The highest BCUT2D eigenvalue weighted by Crippen LogP contribution is 2.27. The fraction of sp³-hybridized carbons (Fsp3) is 0.412. The van der Waals surface area contributed by atoms with Gasteiger partial charge >= 0.3 is 5.76 Å². The number of likely N-dealkylation sites (N-methyl/N-ethyl adjacent to an activating group) is 1. The fourth-order valence-corrected chi connectivity index (χ4v) is 3.59. The van der Waals surface area contributed by atoms with Crippen molar-refractivity contribution in [2.45, 2.75) is 12.1 Å². The van der Waals surface area contributed by atoms with Crippen LogP contribution in [0.1, 0.15) is 16.4 Å². The minimum absolute atomic E-state index is 0.0124. The zero-order valence-corrected chi connectivity index (χ0v) is 14.9. The Hall–Kier alpha value is -2.94. The Kier molecular flexibility index (Phi) is 3.87. The van der Waals surface area contributed by atoms with E-state index in [-0.39, 0.29) is 18.0 Å². The minimum atomic E-state index is -0.478. The van der Waals surface area contributed by atoms with Crippen molar-refractivity contribution in [1.29, 1.82) is 0 Å². The van der Waals surface area contributed by atoms with E-state index in [0.717, 1.165) is 0 Å². The van der Waals surface area contributed by atoms with Crippen LogP contribution in [0.15, 0.2) is 39.8 Å². The fourth-order valence-electron chi connectivity index (χ4n) is 3.59. The number of carbonyl (C=O) groups excluding carboxylic acids is 1. The zero-order chi connectivity index (χ0) is 18.4. The number of hydrogen-bond donors (Lipinski definition) is 0. The molecule has 4 rings (SSSR count). The Balaban J connectivity index is 1.69. The van der Waals surface area contributed by atoms with Crippen LogP contribution >= 0.6 is 0 Å². The molecule has 136 valence electrons. The molecule has 1 aliphatic rings. The molecule has 26 heavy (non-hydrogen) atoms. The van der Waals surface area contributed by atoms with E-state index in [1.165, 1.54) is 4.57 Å². The van der Waals surface area contributed by atoms with Crippen molar-refractivity contribution in [2.24, 2.45) is 7.05 Å². The second-order valence-electron chi connectivity index (χ2n) is 6.77. The molecule has 0 radical (unpaired) electrons. The molecular weight excluding hydrogens is 336 g/mol. The molecule has 0 unspecified atom stereocenters. The van der Waals surface area contributed by atoms with Crippen LogP contribution in [0.2, 0.25) is 0 Å². The second kappa shape index (κ2) is 6.10. The quantitative estimate of drug-likeness (QED) is 0.673. The lowest BCUT2D eigenvalue weighted by Crippen LogP contribution is -2.37. The van der Waals surface area contributed by atoms with Gasteiger partial charge in [0.25, 0.3) is 5.91 Å². The van der Waals surface area contributed by atoms with Gasteiger partial charge in [0.05, 0.1) is 29.4 Å². The molecule has 0 bridgehead atoms. The van der Waals surface area contributed by atoms with E-state index in [9.17, 15) is 9.59 Å². The van der Waals surface area contributed by atoms with Crippen molar-refractivity contribution >= 4 is 17.0 Å².